The van der Waals surface area contributed by atoms with Crippen molar-refractivity contribution in [3.8, 4) is 11.5 Å². The van der Waals surface area contributed by atoms with Crippen LogP contribution in [-0.4, -0.2) is 31.6 Å². The van der Waals surface area contributed by atoms with Crippen LogP contribution in [0.5, 0.6) is 11.5 Å². The van der Waals surface area contributed by atoms with E-state index in [0.717, 1.165) is 30.8 Å². The summed E-state index contributed by atoms with van der Waals surface area (Å²) in [5.41, 5.74) is 0.433. The Morgan fingerprint density at radius 2 is 2.09 bits per heavy atom. The lowest BCUT2D eigenvalue weighted by Crippen LogP contribution is -2.51. The van der Waals surface area contributed by atoms with Gasteiger partial charge < -0.3 is 24.8 Å². The summed E-state index contributed by atoms with van der Waals surface area (Å²) in [5.74, 6) is 1.45. The molecule has 0 aromatic heterocycles. The van der Waals surface area contributed by atoms with Crippen molar-refractivity contribution in [3.63, 3.8) is 0 Å². The molecule has 2 aliphatic rings. The van der Waals surface area contributed by atoms with Gasteiger partial charge in [-0.2, -0.15) is 0 Å². The van der Waals surface area contributed by atoms with E-state index in [1.807, 2.05) is 39.0 Å². The number of nitrogens with one attached hydrogen (secondary N) is 2. The summed E-state index contributed by atoms with van der Waals surface area (Å²) >= 11 is 0. The summed E-state index contributed by atoms with van der Waals surface area (Å²) in [5, 5.41) is 5.99. The highest BCUT2D eigenvalue weighted by atomic mass is 16.7. The third-order valence-electron chi connectivity index (χ3n) is 4.40. The first kappa shape index (κ1) is 15.9. The number of urea groups is 1. The fourth-order valence-electron chi connectivity index (χ4n) is 2.97. The molecule has 2 N–H and O–H groups in total. The SMILES string of the molecule is C[C@@H](NC(=O)NC(C)(C)c1ccc2c(c1)OCO2)[C@H]1CCCO1. The maximum absolute atomic E-state index is 12.3. The minimum absolute atomic E-state index is 0.00921. The van der Waals surface area contributed by atoms with Crippen LogP contribution in [0.25, 0.3) is 0 Å². The zero-order chi connectivity index (χ0) is 16.4. The average Bonchev–Trinajstić information content (AvgIpc) is 3.17. The van der Waals surface area contributed by atoms with E-state index in [9.17, 15) is 4.79 Å². The normalized spacial score (nSPS) is 21.1. The molecule has 23 heavy (non-hydrogen) atoms. The minimum atomic E-state index is -0.526. The third-order valence-corrected chi connectivity index (χ3v) is 4.40. The standard InChI is InChI=1S/C17H24N2O4/c1-11(13-5-4-8-21-13)18-16(20)19-17(2,3)12-6-7-14-15(9-12)23-10-22-14/h6-7,9,11,13H,4-5,8,10H2,1-3H3,(H2,18,19,20)/t11-,13-/m1/s1. The predicted octanol–water partition coefficient (Wildman–Crippen LogP) is 2.52. The van der Waals surface area contributed by atoms with Crippen LogP contribution in [0.4, 0.5) is 4.79 Å². The molecule has 1 saturated heterocycles. The van der Waals surface area contributed by atoms with Crippen molar-refractivity contribution in [2.45, 2.75) is 51.3 Å². The molecule has 1 aromatic rings. The highest BCUT2D eigenvalue weighted by Gasteiger charge is 2.28. The van der Waals surface area contributed by atoms with E-state index in [1.54, 1.807) is 0 Å². The summed E-state index contributed by atoms with van der Waals surface area (Å²) in [4.78, 5) is 12.3. The number of amides is 2. The predicted molar refractivity (Wildman–Crippen MR) is 85.7 cm³/mol. The van der Waals surface area contributed by atoms with Crippen molar-refractivity contribution >= 4 is 6.03 Å². The molecule has 0 unspecified atom stereocenters. The van der Waals surface area contributed by atoms with E-state index in [0.29, 0.717) is 5.75 Å². The van der Waals surface area contributed by atoms with Crippen molar-refractivity contribution in [1.29, 1.82) is 0 Å². The average molecular weight is 320 g/mol. The van der Waals surface area contributed by atoms with Gasteiger partial charge in [-0.15, -0.1) is 0 Å². The van der Waals surface area contributed by atoms with Gasteiger partial charge in [0.25, 0.3) is 0 Å². The number of ether oxygens (including phenoxy) is 3. The molecule has 1 fully saturated rings. The fourth-order valence-corrected chi connectivity index (χ4v) is 2.97. The number of rotatable bonds is 4. The molecule has 0 bridgehead atoms. The molecule has 2 atom stereocenters. The molecule has 0 aliphatic carbocycles. The molecule has 1 aromatic carbocycles. The maximum atomic E-state index is 12.3. The van der Waals surface area contributed by atoms with E-state index in [2.05, 4.69) is 10.6 Å². The summed E-state index contributed by atoms with van der Waals surface area (Å²) in [6.07, 6.45) is 2.16. The molecule has 0 saturated carbocycles. The number of hydrogen-bond donors (Lipinski definition) is 2. The van der Waals surface area contributed by atoms with Gasteiger partial charge in [-0.1, -0.05) is 6.07 Å². The van der Waals surface area contributed by atoms with Crippen LogP contribution in [0.15, 0.2) is 18.2 Å². The summed E-state index contributed by atoms with van der Waals surface area (Å²) in [6, 6.07) is 5.51. The zero-order valence-electron chi connectivity index (χ0n) is 13.8. The molecule has 0 spiro atoms. The van der Waals surface area contributed by atoms with Crippen LogP contribution in [0.1, 0.15) is 39.2 Å². The quantitative estimate of drug-likeness (QED) is 0.894. The number of carbonyl (C=O) groups excluding carboxylic acids is 1. The molecule has 0 radical (unpaired) electrons. The molecule has 3 rings (SSSR count). The topological polar surface area (TPSA) is 68.8 Å². The molecule has 6 heteroatoms. The lowest BCUT2D eigenvalue weighted by molar-refractivity contribution is 0.0855. The van der Waals surface area contributed by atoms with Crippen LogP contribution < -0.4 is 20.1 Å². The Hall–Kier alpha value is -1.95. The van der Waals surface area contributed by atoms with E-state index < -0.39 is 5.54 Å². The van der Waals surface area contributed by atoms with Crippen LogP contribution in [0.3, 0.4) is 0 Å². The first-order valence-electron chi connectivity index (χ1n) is 8.06. The first-order valence-corrected chi connectivity index (χ1v) is 8.06. The summed E-state index contributed by atoms with van der Waals surface area (Å²) in [7, 11) is 0. The van der Waals surface area contributed by atoms with Crippen molar-refractivity contribution < 1.29 is 19.0 Å². The fraction of sp³-hybridized carbons (Fsp3) is 0.588. The van der Waals surface area contributed by atoms with Crippen LogP contribution in [0, 0.1) is 0 Å². The molecule has 2 heterocycles. The Morgan fingerprint density at radius 3 is 2.83 bits per heavy atom. The van der Waals surface area contributed by atoms with Gasteiger partial charge in [-0.25, -0.2) is 4.79 Å². The van der Waals surface area contributed by atoms with Gasteiger partial charge in [0.15, 0.2) is 11.5 Å². The third kappa shape index (κ3) is 3.52. The Bertz CT molecular complexity index is 582. The Balaban J connectivity index is 1.62. The van der Waals surface area contributed by atoms with Crippen LogP contribution >= 0.6 is 0 Å². The summed E-state index contributed by atoms with van der Waals surface area (Å²) in [6.45, 7) is 6.91. The summed E-state index contributed by atoms with van der Waals surface area (Å²) < 4.78 is 16.3. The largest absolute Gasteiger partial charge is 0.454 e. The van der Waals surface area contributed by atoms with Gasteiger partial charge in [0.1, 0.15) is 0 Å². The monoisotopic (exact) mass is 320 g/mol. The second-order valence-electron chi connectivity index (χ2n) is 6.63. The number of fused-ring (bicyclic) bond motifs is 1. The molecular formula is C17H24N2O4. The van der Waals surface area contributed by atoms with E-state index in [1.165, 1.54) is 0 Å². The van der Waals surface area contributed by atoms with Gasteiger partial charge in [0.2, 0.25) is 6.79 Å². The first-order chi connectivity index (χ1) is 11.0. The lowest BCUT2D eigenvalue weighted by atomic mass is 9.94. The molecule has 126 valence electrons. The van der Waals surface area contributed by atoms with E-state index in [-0.39, 0.29) is 25.0 Å². The number of hydrogen-bond acceptors (Lipinski definition) is 4. The molecular weight excluding hydrogens is 296 g/mol. The van der Waals surface area contributed by atoms with Crippen molar-refractivity contribution in [1.82, 2.24) is 10.6 Å². The highest BCUT2D eigenvalue weighted by molar-refractivity contribution is 5.75. The Morgan fingerprint density at radius 1 is 1.30 bits per heavy atom. The zero-order valence-corrected chi connectivity index (χ0v) is 13.8. The van der Waals surface area contributed by atoms with Crippen LogP contribution in [0.2, 0.25) is 0 Å². The molecule has 6 nitrogen and oxygen atoms in total. The van der Waals surface area contributed by atoms with Gasteiger partial charge in [-0.05, 0) is 51.3 Å². The Labute approximate surface area is 136 Å². The molecule has 2 amide bonds. The van der Waals surface area contributed by atoms with Gasteiger partial charge in [0, 0.05) is 6.61 Å². The second-order valence-corrected chi connectivity index (χ2v) is 6.63. The smallest absolute Gasteiger partial charge is 0.315 e. The van der Waals surface area contributed by atoms with Gasteiger partial charge >= 0.3 is 6.03 Å². The van der Waals surface area contributed by atoms with Crippen molar-refractivity contribution in [3.05, 3.63) is 23.8 Å². The highest BCUT2D eigenvalue weighted by Crippen LogP contribution is 2.35. The molecule has 2 aliphatic heterocycles. The van der Waals surface area contributed by atoms with Crippen molar-refractivity contribution in [2.24, 2.45) is 0 Å². The van der Waals surface area contributed by atoms with Crippen LogP contribution in [-0.2, 0) is 10.3 Å². The Kier molecular flexibility index (Phi) is 4.35. The second kappa shape index (κ2) is 6.28. The van der Waals surface area contributed by atoms with Gasteiger partial charge in [-0.3, -0.25) is 0 Å². The number of benzene rings is 1. The van der Waals surface area contributed by atoms with Gasteiger partial charge in [0.05, 0.1) is 17.7 Å². The van der Waals surface area contributed by atoms with E-state index in [4.69, 9.17) is 14.2 Å². The van der Waals surface area contributed by atoms with E-state index >= 15 is 0 Å². The minimum Gasteiger partial charge on any atom is -0.454 e. The van der Waals surface area contributed by atoms with Crippen molar-refractivity contribution in [2.75, 3.05) is 13.4 Å². The lowest BCUT2D eigenvalue weighted by Gasteiger charge is -2.29. The maximum Gasteiger partial charge on any atom is 0.315 e. The number of carbonyl (C=O) groups is 1.